The molecule has 88 valence electrons. The Morgan fingerprint density at radius 2 is 2.00 bits per heavy atom. The summed E-state index contributed by atoms with van der Waals surface area (Å²) >= 11 is 5.75. The van der Waals surface area contributed by atoms with E-state index >= 15 is 0 Å². The van der Waals surface area contributed by atoms with Crippen LogP contribution in [0, 0.1) is 0 Å². The van der Waals surface area contributed by atoms with E-state index in [4.69, 9.17) is 21.8 Å². The first-order valence-corrected chi connectivity index (χ1v) is 6.01. The molecule has 16 heavy (non-hydrogen) atoms. The molecule has 1 atom stereocenters. The molecule has 0 aromatic heterocycles. The number of aliphatic carboxylic acids is 1. The summed E-state index contributed by atoms with van der Waals surface area (Å²) in [6, 6.07) is 4.50. The number of halogens is 1. The van der Waals surface area contributed by atoms with Crippen LogP contribution >= 0.6 is 11.6 Å². The van der Waals surface area contributed by atoms with Gasteiger partial charge in [0, 0.05) is 5.02 Å². The molecule has 1 aromatic carbocycles. The van der Waals surface area contributed by atoms with E-state index in [1.807, 2.05) is 0 Å². The predicted octanol–water partition coefficient (Wildman–Crippen LogP) is 0.259. The zero-order chi connectivity index (χ0) is 12.3. The molecule has 0 radical (unpaired) electrons. The zero-order valence-electron chi connectivity index (χ0n) is 7.92. The van der Waals surface area contributed by atoms with Gasteiger partial charge in [-0.25, -0.2) is 5.14 Å². The minimum absolute atomic E-state index is 0.130. The Kier molecular flexibility index (Phi) is 3.87. The minimum Gasteiger partial charge on any atom is -0.480 e. The largest absolute Gasteiger partial charge is 0.480 e. The maximum atomic E-state index is 10.9. The fourth-order valence-electron chi connectivity index (χ4n) is 1.12. The standard InChI is InChI=1S/C8H9ClN2O4S/c9-6-4-2-1-3-5(6)7(8(12)13)11-16(10,14)15/h1-4,7,11H,(H,12,13)(H2,10,14,15)/t7-/m1/s1. The van der Waals surface area contributed by atoms with Crippen molar-refractivity contribution in [1.29, 1.82) is 0 Å². The van der Waals surface area contributed by atoms with Gasteiger partial charge in [0.25, 0.3) is 10.2 Å². The van der Waals surface area contributed by atoms with Gasteiger partial charge < -0.3 is 5.11 Å². The lowest BCUT2D eigenvalue weighted by atomic mass is 10.1. The lowest BCUT2D eigenvalue weighted by molar-refractivity contribution is -0.139. The molecule has 1 aromatic rings. The highest BCUT2D eigenvalue weighted by Gasteiger charge is 2.25. The fourth-order valence-corrected chi connectivity index (χ4v) is 1.92. The van der Waals surface area contributed by atoms with E-state index in [1.165, 1.54) is 12.1 Å². The van der Waals surface area contributed by atoms with Crippen molar-refractivity contribution in [2.75, 3.05) is 0 Å². The molecule has 0 aliphatic rings. The third-order valence-electron chi connectivity index (χ3n) is 1.75. The molecule has 0 saturated heterocycles. The number of rotatable bonds is 4. The number of benzene rings is 1. The molecule has 6 nitrogen and oxygen atoms in total. The Morgan fingerprint density at radius 3 is 2.44 bits per heavy atom. The van der Waals surface area contributed by atoms with Crippen LogP contribution in [0.3, 0.4) is 0 Å². The summed E-state index contributed by atoms with van der Waals surface area (Å²) in [4.78, 5) is 10.9. The number of hydrogen-bond acceptors (Lipinski definition) is 3. The third-order valence-corrected chi connectivity index (χ3v) is 2.65. The molecule has 0 aliphatic carbocycles. The molecular weight excluding hydrogens is 256 g/mol. The van der Waals surface area contributed by atoms with Crippen molar-refractivity contribution >= 4 is 27.8 Å². The van der Waals surface area contributed by atoms with Crippen LogP contribution < -0.4 is 9.86 Å². The Hall–Kier alpha value is -1.15. The van der Waals surface area contributed by atoms with Gasteiger partial charge in [-0.05, 0) is 11.6 Å². The summed E-state index contributed by atoms with van der Waals surface area (Å²) in [6.45, 7) is 0. The van der Waals surface area contributed by atoms with Crippen LogP contribution in [-0.2, 0) is 15.0 Å². The predicted molar refractivity (Wildman–Crippen MR) is 58.1 cm³/mol. The smallest absolute Gasteiger partial charge is 0.326 e. The van der Waals surface area contributed by atoms with Crippen LogP contribution in [0.5, 0.6) is 0 Å². The van der Waals surface area contributed by atoms with E-state index < -0.39 is 22.2 Å². The Morgan fingerprint density at radius 1 is 1.44 bits per heavy atom. The average Bonchev–Trinajstić information content (AvgIpc) is 2.13. The van der Waals surface area contributed by atoms with E-state index in [1.54, 1.807) is 16.9 Å². The topological polar surface area (TPSA) is 109 Å². The average molecular weight is 265 g/mol. The monoisotopic (exact) mass is 264 g/mol. The maximum absolute atomic E-state index is 10.9. The number of hydrogen-bond donors (Lipinski definition) is 3. The van der Waals surface area contributed by atoms with Crippen LogP contribution in [0.1, 0.15) is 11.6 Å². The normalized spacial score (nSPS) is 13.4. The molecule has 0 spiro atoms. The minimum atomic E-state index is -4.12. The maximum Gasteiger partial charge on any atom is 0.326 e. The summed E-state index contributed by atoms with van der Waals surface area (Å²) < 4.78 is 23.4. The molecule has 0 saturated carbocycles. The van der Waals surface area contributed by atoms with Crippen LogP contribution in [0.2, 0.25) is 5.02 Å². The van der Waals surface area contributed by atoms with Gasteiger partial charge in [0.15, 0.2) is 0 Å². The van der Waals surface area contributed by atoms with E-state index in [9.17, 15) is 13.2 Å². The first-order chi connectivity index (χ1) is 7.31. The summed E-state index contributed by atoms with van der Waals surface area (Å²) in [7, 11) is -4.12. The first-order valence-electron chi connectivity index (χ1n) is 4.08. The molecule has 0 fully saturated rings. The second-order valence-corrected chi connectivity index (χ2v) is 4.69. The Labute approximate surface area is 97.2 Å². The lowest BCUT2D eigenvalue weighted by Gasteiger charge is -2.14. The van der Waals surface area contributed by atoms with Crippen molar-refractivity contribution in [3.05, 3.63) is 34.9 Å². The molecule has 0 amide bonds. The second-order valence-electron chi connectivity index (χ2n) is 2.96. The number of carboxylic acid groups (broad SMARTS) is 1. The molecule has 0 unspecified atom stereocenters. The van der Waals surface area contributed by atoms with E-state index in [-0.39, 0.29) is 10.6 Å². The van der Waals surface area contributed by atoms with Gasteiger partial charge in [-0.3, -0.25) is 4.79 Å². The molecule has 0 heterocycles. The van der Waals surface area contributed by atoms with Crippen LogP contribution in [0.25, 0.3) is 0 Å². The lowest BCUT2D eigenvalue weighted by Crippen LogP contribution is -2.38. The fraction of sp³-hybridized carbons (Fsp3) is 0.125. The summed E-state index contributed by atoms with van der Waals surface area (Å²) in [5.41, 5.74) is 0.130. The highest BCUT2D eigenvalue weighted by molar-refractivity contribution is 7.87. The van der Waals surface area contributed by atoms with E-state index in [2.05, 4.69) is 0 Å². The molecule has 8 heteroatoms. The molecule has 0 bridgehead atoms. The van der Waals surface area contributed by atoms with Crippen molar-refractivity contribution in [2.45, 2.75) is 6.04 Å². The van der Waals surface area contributed by atoms with Crippen LogP contribution in [-0.4, -0.2) is 19.5 Å². The van der Waals surface area contributed by atoms with Gasteiger partial charge in [-0.2, -0.15) is 13.1 Å². The van der Waals surface area contributed by atoms with Crippen molar-refractivity contribution < 1.29 is 18.3 Å². The van der Waals surface area contributed by atoms with Gasteiger partial charge in [0.2, 0.25) is 0 Å². The molecular formula is C8H9ClN2O4S. The molecule has 1 rings (SSSR count). The number of nitrogens with one attached hydrogen (secondary N) is 1. The highest BCUT2D eigenvalue weighted by Crippen LogP contribution is 2.23. The molecule has 4 N–H and O–H groups in total. The van der Waals surface area contributed by atoms with Crippen molar-refractivity contribution in [3.8, 4) is 0 Å². The van der Waals surface area contributed by atoms with Crippen LogP contribution in [0.15, 0.2) is 24.3 Å². The summed E-state index contributed by atoms with van der Waals surface area (Å²) in [5, 5.41) is 13.7. The summed E-state index contributed by atoms with van der Waals surface area (Å²) in [5.74, 6) is -1.39. The SMILES string of the molecule is NS(=O)(=O)N[C@@H](C(=O)O)c1ccccc1Cl. The molecule has 0 aliphatic heterocycles. The quantitative estimate of drug-likeness (QED) is 0.724. The van der Waals surface area contributed by atoms with Gasteiger partial charge in [0.1, 0.15) is 6.04 Å². The van der Waals surface area contributed by atoms with Gasteiger partial charge in [0.05, 0.1) is 0 Å². The summed E-state index contributed by atoms with van der Waals surface area (Å²) in [6.07, 6.45) is 0. The van der Waals surface area contributed by atoms with Crippen LogP contribution in [0.4, 0.5) is 0 Å². The Balaban J connectivity index is 3.14. The zero-order valence-corrected chi connectivity index (χ0v) is 9.49. The highest BCUT2D eigenvalue weighted by atomic mass is 35.5. The van der Waals surface area contributed by atoms with Gasteiger partial charge in [-0.1, -0.05) is 29.8 Å². The van der Waals surface area contributed by atoms with Gasteiger partial charge >= 0.3 is 5.97 Å². The van der Waals surface area contributed by atoms with Crippen molar-refractivity contribution in [1.82, 2.24) is 4.72 Å². The van der Waals surface area contributed by atoms with Crippen molar-refractivity contribution in [3.63, 3.8) is 0 Å². The second kappa shape index (κ2) is 4.79. The van der Waals surface area contributed by atoms with E-state index in [0.717, 1.165) is 0 Å². The number of nitrogens with two attached hydrogens (primary N) is 1. The number of carboxylic acids is 1. The third kappa shape index (κ3) is 3.46. The van der Waals surface area contributed by atoms with Gasteiger partial charge in [-0.15, -0.1) is 0 Å². The number of carbonyl (C=O) groups is 1. The van der Waals surface area contributed by atoms with Crippen molar-refractivity contribution in [2.24, 2.45) is 5.14 Å². The Bertz CT molecular complexity index is 503. The van der Waals surface area contributed by atoms with E-state index in [0.29, 0.717) is 0 Å². The first kappa shape index (κ1) is 12.9.